The van der Waals surface area contributed by atoms with Gasteiger partial charge in [0.15, 0.2) is 0 Å². The van der Waals surface area contributed by atoms with E-state index in [0.717, 1.165) is 31.7 Å². The first-order chi connectivity index (χ1) is 14.2. The van der Waals surface area contributed by atoms with E-state index in [9.17, 15) is 9.59 Å². The Bertz CT molecular complexity index is 684. The summed E-state index contributed by atoms with van der Waals surface area (Å²) in [7, 11) is 0. The van der Waals surface area contributed by atoms with Crippen LogP contribution in [0.1, 0.15) is 51.4 Å². The zero-order valence-corrected chi connectivity index (χ0v) is 17.3. The van der Waals surface area contributed by atoms with E-state index < -0.39 is 0 Å². The molecule has 29 heavy (non-hydrogen) atoms. The molecule has 0 N–H and O–H groups in total. The third-order valence-corrected chi connectivity index (χ3v) is 6.79. The van der Waals surface area contributed by atoms with Gasteiger partial charge in [0.1, 0.15) is 0 Å². The van der Waals surface area contributed by atoms with E-state index in [0.29, 0.717) is 45.1 Å². The minimum atomic E-state index is -0.00262. The molecular formula is C22H33N5O2. The van der Waals surface area contributed by atoms with Crippen LogP contribution >= 0.6 is 0 Å². The average molecular weight is 400 g/mol. The number of carbonyl (C=O) groups excluding carboxylic acids is 2. The maximum absolute atomic E-state index is 13.1. The Morgan fingerprint density at radius 3 is 2.31 bits per heavy atom. The van der Waals surface area contributed by atoms with Crippen LogP contribution in [0.15, 0.2) is 18.5 Å². The van der Waals surface area contributed by atoms with Crippen LogP contribution in [0.3, 0.4) is 0 Å². The number of anilines is 1. The van der Waals surface area contributed by atoms with Crippen molar-refractivity contribution in [3.63, 3.8) is 0 Å². The molecule has 0 bridgehead atoms. The summed E-state index contributed by atoms with van der Waals surface area (Å²) in [4.78, 5) is 40.3. The van der Waals surface area contributed by atoms with E-state index in [1.807, 2.05) is 15.9 Å². The zero-order valence-electron chi connectivity index (χ0n) is 17.3. The van der Waals surface area contributed by atoms with Crippen molar-refractivity contribution in [2.45, 2.75) is 51.4 Å². The van der Waals surface area contributed by atoms with Crippen molar-refractivity contribution in [3.8, 4) is 0 Å². The Kier molecular flexibility index (Phi) is 6.62. The molecular weight excluding hydrogens is 366 g/mol. The number of hydrogen-bond acceptors (Lipinski definition) is 5. The molecule has 1 aromatic rings. The van der Waals surface area contributed by atoms with Crippen LogP contribution in [0, 0.1) is 11.8 Å². The van der Waals surface area contributed by atoms with Crippen molar-refractivity contribution in [3.05, 3.63) is 18.5 Å². The van der Waals surface area contributed by atoms with Crippen molar-refractivity contribution < 1.29 is 9.59 Å². The Hall–Kier alpha value is -2.18. The predicted octanol–water partition coefficient (Wildman–Crippen LogP) is 2.33. The first kappa shape index (κ1) is 20.1. The molecule has 158 valence electrons. The third-order valence-electron chi connectivity index (χ3n) is 6.79. The highest BCUT2D eigenvalue weighted by Crippen LogP contribution is 2.29. The Labute approximate surface area is 173 Å². The molecule has 2 saturated heterocycles. The molecule has 3 heterocycles. The molecule has 1 aliphatic carbocycles. The van der Waals surface area contributed by atoms with Gasteiger partial charge in [0.05, 0.1) is 5.92 Å². The number of aromatic nitrogens is 2. The topological polar surface area (TPSA) is 69.6 Å². The Balaban J connectivity index is 1.23. The molecule has 3 fully saturated rings. The number of piperazine rings is 1. The molecule has 1 saturated carbocycles. The van der Waals surface area contributed by atoms with Crippen LogP contribution in [0.25, 0.3) is 0 Å². The highest BCUT2D eigenvalue weighted by molar-refractivity contribution is 5.80. The minimum Gasteiger partial charge on any atom is -0.340 e. The van der Waals surface area contributed by atoms with Crippen LogP contribution < -0.4 is 4.90 Å². The number of piperidine rings is 1. The van der Waals surface area contributed by atoms with E-state index in [2.05, 4.69) is 14.9 Å². The number of rotatable bonds is 5. The van der Waals surface area contributed by atoms with Gasteiger partial charge < -0.3 is 14.7 Å². The quantitative estimate of drug-likeness (QED) is 0.760. The molecule has 1 atom stereocenters. The standard InChI is InChI=1S/C22H33N5O2/c28-20(9-8-18-5-1-2-6-18)25-13-15-26(16-14-25)21(29)19-7-3-12-27(17-19)22-23-10-4-11-24-22/h4,10-11,18-19H,1-3,5-9,12-17H2. The van der Waals surface area contributed by atoms with Gasteiger partial charge in [-0.05, 0) is 31.2 Å². The molecule has 2 amide bonds. The van der Waals surface area contributed by atoms with Gasteiger partial charge in [-0.15, -0.1) is 0 Å². The van der Waals surface area contributed by atoms with Gasteiger partial charge in [0.25, 0.3) is 0 Å². The second kappa shape index (κ2) is 9.55. The van der Waals surface area contributed by atoms with Crippen molar-refractivity contribution in [2.24, 2.45) is 11.8 Å². The molecule has 3 aliphatic rings. The Morgan fingerprint density at radius 2 is 1.59 bits per heavy atom. The molecule has 7 heteroatoms. The second-order valence-corrected chi connectivity index (χ2v) is 8.73. The molecule has 0 aromatic carbocycles. The molecule has 2 aliphatic heterocycles. The SMILES string of the molecule is O=C(CCC1CCCC1)N1CCN(C(=O)C2CCCN(c3ncccn3)C2)CC1. The largest absolute Gasteiger partial charge is 0.340 e. The van der Waals surface area contributed by atoms with Gasteiger partial charge in [-0.3, -0.25) is 9.59 Å². The smallest absolute Gasteiger partial charge is 0.227 e. The molecule has 1 unspecified atom stereocenters. The van der Waals surface area contributed by atoms with Crippen LogP contribution in [-0.4, -0.2) is 70.9 Å². The van der Waals surface area contributed by atoms with E-state index in [4.69, 9.17) is 0 Å². The first-order valence-corrected chi connectivity index (χ1v) is 11.3. The molecule has 1 aromatic heterocycles. The van der Waals surface area contributed by atoms with Crippen molar-refractivity contribution >= 4 is 17.8 Å². The summed E-state index contributed by atoms with van der Waals surface area (Å²) in [5, 5.41) is 0. The maximum Gasteiger partial charge on any atom is 0.227 e. The number of nitrogens with zero attached hydrogens (tertiary/aromatic N) is 5. The lowest BCUT2D eigenvalue weighted by molar-refractivity contribution is -0.142. The van der Waals surface area contributed by atoms with Gasteiger partial charge in [-0.1, -0.05) is 25.7 Å². The van der Waals surface area contributed by atoms with Crippen molar-refractivity contribution in [2.75, 3.05) is 44.2 Å². The number of hydrogen-bond donors (Lipinski definition) is 0. The van der Waals surface area contributed by atoms with Crippen LogP contribution in [0.5, 0.6) is 0 Å². The molecule has 0 spiro atoms. The molecule has 7 nitrogen and oxygen atoms in total. The highest BCUT2D eigenvalue weighted by atomic mass is 16.2. The summed E-state index contributed by atoms with van der Waals surface area (Å²) < 4.78 is 0. The van der Waals surface area contributed by atoms with Gasteiger partial charge in [-0.25, -0.2) is 9.97 Å². The van der Waals surface area contributed by atoms with Gasteiger partial charge in [0, 0.05) is 58.1 Å². The fraction of sp³-hybridized carbons (Fsp3) is 0.727. The van der Waals surface area contributed by atoms with Crippen LogP contribution in [0.4, 0.5) is 5.95 Å². The summed E-state index contributed by atoms with van der Waals surface area (Å²) in [5.74, 6) is 1.96. The summed E-state index contributed by atoms with van der Waals surface area (Å²) in [6.07, 6.45) is 12.3. The average Bonchev–Trinajstić information content (AvgIpc) is 3.31. The summed E-state index contributed by atoms with van der Waals surface area (Å²) in [6, 6.07) is 1.81. The van der Waals surface area contributed by atoms with Crippen LogP contribution in [0.2, 0.25) is 0 Å². The minimum absolute atomic E-state index is 0.00262. The Morgan fingerprint density at radius 1 is 0.897 bits per heavy atom. The maximum atomic E-state index is 13.1. The molecule has 0 radical (unpaired) electrons. The lowest BCUT2D eigenvalue weighted by Crippen LogP contribution is -2.53. The lowest BCUT2D eigenvalue weighted by atomic mass is 9.96. The summed E-state index contributed by atoms with van der Waals surface area (Å²) in [5.41, 5.74) is 0. The number of carbonyl (C=O) groups is 2. The molecule has 4 rings (SSSR count). The normalized spacial score (nSPS) is 23.4. The zero-order chi connectivity index (χ0) is 20.1. The predicted molar refractivity (Wildman–Crippen MR) is 111 cm³/mol. The highest BCUT2D eigenvalue weighted by Gasteiger charge is 2.32. The first-order valence-electron chi connectivity index (χ1n) is 11.3. The van der Waals surface area contributed by atoms with E-state index in [-0.39, 0.29) is 17.7 Å². The van der Waals surface area contributed by atoms with Gasteiger partial charge >= 0.3 is 0 Å². The summed E-state index contributed by atoms with van der Waals surface area (Å²) in [6.45, 7) is 4.25. The fourth-order valence-corrected chi connectivity index (χ4v) is 5.03. The van der Waals surface area contributed by atoms with Gasteiger partial charge in [-0.2, -0.15) is 0 Å². The van der Waals surface area contributed by atoms with Crippen LogP contribution in [-0.2, 0) is 9.59 Å². The van der Waals surface area contributed by atoms with E-state index >= 15 is 0 Å². The monoisotopic (exact) mass is 399 g/mol. The van der Waals surface area contributed by atoms with E-state index in [1.165, 1.54) is 25.7 Å². The fourth-order valence-electron chi connectivity index (χ4n) is 5.03. The second-order valence-electron chi connectivity index (χ2n) is 8.73. The third kappa shape index (κ3) is 5.06. The van der Waals surface area contributed by atoms with E-state index in [1.54, 1.807) is 12.4 Å². The lowest BCUT2D eigenvalue weighted by Gasteiger charge is -2.39. The van der Waals surface area contributed by atoms with Gasteiger partial charge in [0.2, 0.25) is 17.8 Å². The van der Waals surface area contributed by atoms with Crippen molar-refractivity contribution in [1.29, 1.82) is 0 Å². The summed E-state index contributed by atoms with van der Waals surface area (Å²) >= 11 is 0. The number of amides is 2. The van der Waals surface area contributed by atoms with Crippen molar-refractivity contribution in [1.82, 2.24) is 19.8 Å².